The molecule has 5 heteroatoms. The van der Waals surface area contributed by atoms with Crippen LogP contribution in [0.5, 0.6) is 0 Å². The maximum absolute atomic E-state index is 11.1. The summed E-state index contributed by atoms with van der Waals surface area (Å²) in [4.78, 5) is 14.9. The maximum Gasteiger partial charge on any atom is 0.239 e. The van der Waals surface area contributed by atoms with Gasteiger partial charge in [-0.3, -0.25) is 9.78 Å². The van der Waals surface area contributed by atoms with E-state index in [1.54, 1.807) is 18.5 Å². The molecule has 0 aliphatic carbocycles. The highest BCUT2D eigenvalue weighted by molar-refractivity contribution is 5.81. The largest absolute Gasteiger partial charge is 0.396 e. The summed E-state index contributed by atoms with van der Waals surface area (Å²) >= 11 is 0. The van der Waals surface area contributed by atoms with E-state index in [2.05, 4.69) is 15.6 Å². The number of nitrogens with zero attached hydrogens (tertiary/aromatic N) is 1. The Morgan fingerprint density at radius 1 is 1.64 bits per heavy atom. The van der Waals surface area contributed by atoms with Crippen LogP contribution in [0.4, 0.5) is 11.4 Å². The monoisotopic (exact) mass is 194 g/mol. The molecule has 4 N–H and O–H groups in total. The van der Waals surface area contributed by atoms with Gasteiger partial charge in [0.1, 0.15) is 0 Å². The third-order valence-electron chi connectivity index (χ3n) is 1.67. The lowest BCUT2D eigenvalue weighted by atomic mass is 10.3. The molecule has 1 heterocycles. The highest BCUT2D eigenvalue weighted by Crippen LogP contribution is 2.14. The second kappa shape index (κ2) is 5.06. The van der Waals surface area contributed by atoms with Gasteiger partial charge in [-0.05, 0) is 13.0 Å². The average Bonchev–Trinajstić information content (AvgIpc) is 2.17. The number of carbonyl (C=O) groups excluding carboxylic acids is 1. The number of likely N-dealkylation sites (N-methyl/N-ethyl adjacent to an activating group) is 1. The molecular formula is C9H14N4O. The Hall–Kier alpha value is -1.78. The number of pyridine rings is 1. The molecule has 1 amide bonds. The molecule has 0 unspecified atom stereocenters. The highest BCUT2D eigenvalue weighted by atomic mass is 16.1. The van der Waals surface area contributed by atoms with Gasteiger partial charge in [0.05, 0.1) is 24.1 Å². The van der Waals surface area contributed by atoms with Crippen LogP contribution in [0.2, 0.25) is 0 Å². The second-order valence-electron chi connectivity index (χ2n) is 2.77. The zero-order valence-electron chi connectivity index (χ0n) is 8.08. The van der Waals surface area contributed by atoms with Gasteiger partial charge in [-0.2, -0.15) is 0 Å². The van der Waals surface area contributed by atoms with Crippen LogP contribution in [-0.4, -0.2) is 24.0 Å². The fourth-order valence-electron chi connectivity index (χ4n) is 1.00. The van der Waals surface area contributed by atoms with E-state index in [1.807, 2.05) is 6.92 Å². The minimum atomic E-state index is -0.0521. The predicted molar refractivity (Wildman–Crippen MR) is 55.8 cm³/mol. The highest BCUT2D eigenvalue weighted by Gasteiger charge is 2.00. The summed E-state index contributed by atoms with van der Waals surface area (Å²) in [7, 11) is 0. The van der Waals surface area contributed by atoms with Crippen molar-refractivity contribution in [3.63, 3.8) is 0 Å². The van der Waals surface area contributed by atoms with Crippen LogP contribution in [-0.2, 0) is 4.79 Å². The molecule has 0 radical (unpaired) electrons. The number of nitrogens with one attached hydrogen (secondary N) is 2. The van der Waals surface area contributed by atoms with E-state index in [4.69, 9.17) is 5.73 Å². The van der Waals surface area contributed by atoms with Crippen LogP contribution in [0.25, 0.3) is 0 Å². The van der Waals surface area contributed by atoms with Gasteiger partial charge in [0.25, 0.3) is 0 Å². The minimum Gasteiger partial charge on any atom is -0.396 e. The number of rotatable bonds is 4. The van der Waals surface area contributed by atoms with Gasteiger partial charge in [0, 0.05) is 12.7 Å². The summed E-state index contributed by atoms with van der Waals surface area (Å²) in [6.07, 6.45) is 3.16. The van der Waals surface area contributed by atoms with E-state index in [9.17, 15) is 4.79 Å². The van der Waals surface area contributed by atoms with Crippen molar-refractivity contribution < 1.29 is 4.79 Å². The predicted octanol–water partition coefficient (Wildman–Crippen LogP) is 0.212. The number of hydrogen-bond donors (Lipinski definition) is 3. The van der Waals surface area contributed by atoms with Crippen molar-refractivity contribution >= 4 is 17.3 Å². The van der Waals surface area contributed by atoms with Gasteiger partial charge < -0.3 is 16.4 Å². The summed E-state index contributed by atoms with van der Waals surface area (Å²) in [6, 6.07) is 1.73. The molecule has 0 atom stereocenters. The van der Waals surface area contributed by atoms with Crippen LogP contribution < -0.4 is 16.4 Å². The molecule has 0 aliphatic rings. The van der Waals surface area contributed by atoms with Gasteiger partial charge in [-0.1, -0.05) is 0 Å². The molecule has 0 fully saturated rings. The van der Waals surface area contributed by atoms with Crippen molar-refractivity contribution in [3.05, 3.63) is 18.5 Å². The molecule has 0 aliphatic heterocycles. The summed E-state index contributed by atoms with van der Waals surface area (Å²) in [5.74, 6) is -0.0521. The third-order valence-corrected chi connectivity index (χ3v) is 1.67. The van der Waals surface area contributed by atoms with E-state index < -0.39 is 0 Å². The summed E-state index contributed by atoms with van der Waals surface area (Å²) in [6.45, 7) is 2.73. The van der Waals surface area contributed by atoms with E-state index >= 15 is 0 Å². The van der Waals surface area contributed by atoms with Crippen LogP contribution in [0.1, 0.15) is 6.92 Å². The molecule has 0 saturated carbocycles. The van der Waals surface area contributed by atoms with Gasteiger partial charge in [0.2, 0.25) is 5.91 Å². The lowest BCUT2D eigenvalue weighted by molar-refractivity contribution is -0.119. The smallest absolute Gasteiger partial charge is 0.239 e. The maximum atomic E-state index is 11.1. The number of hydrogen-bond acceptors (Lipinski definition) is 4. The fourth-order valence-corrected chi connectivity index (χ4v) is 1.00. The molecule has 0 aromatic carbocycles. The quantitative estimate of drug-likeness (QED) is 0.640. The number of anilines is 2. The van der Waals surface area contributed by atoms with Gasteiger partial charge in [-0.25, -0.2) is 0 Å². The Morgan fingerprint density at radius 2 is 2.43 bits per heavy atom. The Kier molecular flexibility index (Phi) is 3.72. The van der Waals surface area contributed by atoms with Gasteiger partial charge in [0.15, 0.2) is 0 Å². The Balaban J connectivity index is 2.46. The molecular weight excluding hydrogens is 180 g/mol. The zero-order valence-corrected chi connectivity index (χ0v) is 8.08. The van der Waals surface area contributed by atoms with Crippen molar-refractivity contribution in [2.24, 2.45) is 0 Å². The molecule has 1 rings (SSSR count). The van der Waals surface area contributed by atoms with E-state index in [-0.39, 0.29) is 12.5 Å². The Labute approximate surface area is 82.7 Å². The lowest BCUT2D eigenvalue weighted by Crippen LogP contribution is -2.29. The third kappa shape index (κ3) is 2.93. The van der Waals surface area contributed by atoms with Crippen LogP contribution in [0, 0.1) is 0 Å². The summed E-state index contributed by atoms with van der Waals surface area (Å²) in [5.41, 5.74) is 6.89. The van der Waals surface area contributed by atoms with E-state index in [0.717, 1.165) is 5.69 Å². The first-order chi connectivity index (χ1) is 6.74. The molecule has 1 aromatic heterocycles. The molecule has 0 spiro atoms. The minimum absolute atomic E-state index is 0.0521. The summed E-state index contributed by atoms with van der Waals surface area (Å²) < 4.78 is 0. The number of carbonyl (C=O) groups is 1. The second-order valence-corrected chi connectivity index (χ2v) is 2.77. The molecule has 76 valence electrons. The standard InChI is InChI=1S/C9H14N4O/c1-2-12-9(14)6-13-8-3-4-11-5-7(8)10/h3-5H,2,6,10H2,1H3,(H,11,13)(H,12,14). The normalized spacial score (nSPS) is 9.50. The molecule has 1 aromatic rings. The molecule has 0 bridgehead atoms. The molecule has 5 nitrogen and oxygen atoms in total. The fraction of sp³-hybridized carbons (Fsp3) is 0.333. The van der Waals surface area contributed by atoms with Crippen molar-refractivity contribution in [1.82, 2.24) is 10.3 Å². The zero-order chi connectivity index (χ0) is 10.4. The van der Waals surface area contributed by atoms with Crippen molar-refractivity contribution in [1.29, 1.82) is 0 Å². The van der Waals surface area contributed by atoms with Crippen molar-refractivity contribution in [2.75, 3.05) is 24.1 Å². The van der Waals surface area contributed by atoms with Crippen LogP contribution in [0.3, 0.4) is 0 Å². The van der Waals surface area contributed by atoms with Crippen LogP contribution in [0.15, 0.2) is 18.5 Å². The number of nitrogen functional groups attached to an aromatic ring is 1. The van der Waals surface area contributed by atoms with Crippen LogP contribution >= 0.6 is 0 Å². The first-order valence-electron chi connectivity index (χ1n) is 4.44. The van der Waals surface area contributed by atoms with E-state index in [1.165, 1.54) is 0 Å². The SMILES string of the molecule is CCNC(=O)CNc1ccncc1N. The van der Waals surface area contributed by atoms with Gasteiger partial charge >= 0.3 is 0 Å². The number of aromatic nitrogens is 1. The van der Waals surface area contributed by atoms with E-state index in [0.29, 0.717) is 12.2 Å². The first-order valence-corrected chi connectivity index (χ1v) is 4.44. The molecule has 0 saturated heterocycles. The molecule has 14 heavy (non-hydrogen) atoms. The lowest BCUT2D eigenvalue weighted by Gasteiger charge is -2.07. The topological polar surface area (TPSA) is 80.0 Å². The van der Waals surface area contributed by atoms with Gasteiger partial charge in [-0.15, -0.1) is 0 Å². The Morgan fingerprint density at radius 3 is 3.07 bits per heavy atom. The average molecular weight is 194 g/mol. The van der Waals surface area contributed by atoms with Crippen molar-refractivity contribution in [3.8, 4) is 0 Å². The van der Waals surface area contributed by atoms with Crippen molar-refractivity contribution in [2.45, 2.75) is 6.92 Å². The Bertz CT molecular complexity index is 313. The number of amides is 1. The first kappa shape index (κ1) is 10.3. The summed E-state index contributed by atoms with van der Waals surface area (Å²) in [5, 5.41) is 5.60. The number of nitrogens with two attached hydrogens (primary N) is 1.